The molecule has 1 aromatic heterocycles. The molecule has 3 aromatic rings. The van der Waals surface area contributed by atoms with E-state index in [2.05, 4.69) is 26.6 Å². The average Bonchev–Trinajstić information content (AvgIpc) is 3.31. The standard InChI is InChI=1S/C30H33N5O2/c1-37-29-15-23(6-7-28(29)26-13-24-12-25(24)14-26)30(36)34-10-8-33(9-11-34)19-27-17-32-20-35(27)18-22-4-2-21(16-31)3-5-22/h2-7,15,17,20,24-26H,8-14,18-19H2,1H3. The summed E-state index contributed by atoms with van der Waals surface area (Å²) in [5.74, 6) is 3.37. The van der Waals surface area contributed by atoms with Crippen LogP contribution in [-0.2, 0) is 13.1 Å². The van der Waals surface area contributed by atoms with E-state index in [9.17, 15) is 4.79 Å². The van der Waals surface area contributed by atoms with Crippen LogP contribution in [0, 0.1) is 23.2 Å². The third kappa shape index (κ3) is 4.99. The molecule has 7 nitrogen and oxygen atoms in total. The molecule has 2 heterocycles. The number of piperazine rings is 1. The van der Waals surface area contributed by atoms with Crippen molar-refractivity contribution in [2.24, 2.45) is 11.8 Å². The van der Waals surface area contributed by atoms with E-state index in [1.54, 1.807) is 7.11 Å². The van der Waals surface area contributed by atoms with Crippen LogP contribution in [0.3, 0.4) is 0 Å². The smallest absolute Gasteiger partial charge is 0.254 e. The Bertz CT molecular complexity index is 1310. The number of amides is 1. The summed E-state index contributed by atoms with van der Waals surface area (Å²) in [4.78, 5) is 22.0. The van der Waals surface area contributed by atoms with Crippen LogP contribution in [0.25, 0.3) is 0 Å². The van der Waals surface area contributed by atoms with Crippen LogP contribution < -0.4 is 4.74 Å². The van der Waals surface area contributed by atoms with Crippen LogP contribution in [0.5, 0.6) is 5.75 Å². The van der Waals surface area contributed by atoms with Gasteiger partial charge in [-0.2, -0.15) is 5.26 Å². The highest BCUT2D eigenvalue weighted by atomic mass is 16.5. The molecule has 0 N–H and O–H groups in total. The van der Waals surface area contributed by atoms with Crippen molar-refractivity contribution >= 4 is 5.91 Å². The molecule has 2 aromatic carbocycles. The topological polar surface area (TPSA) is 74.4 Å². The summed E-state index contributed by atoms with van der Waals surface area (Å²) in [6.45, 7) is 4.59. The molecule has 1 aliphatic heterocycles. The van der Waals surface area contributed by atoms with Gasteiger partial charge < -0.3 is 14.2 Å². The number of nitriles is 1. The van der Waals surface area contributed by atoms with Crippen LogP contribution in [-0.4, -0.2) is 58.5 Å². The van der Waals surface area contributed by atoms with Gasteiger partial charge >= 0.3 is 0 Å². The first-order valence-corrected chi connectivity index (χ1v) is 13.3. The van der Waals surface area contributed by atoms with E-state index in [1.807, 2.05) is 53.8 Å². The van der Waals surface area contributed by atoms with Crippen molar-refractivity contribution in [1.82, 2.24) is 19.4 Å². The number of benzene rings is 2. The van der Waals surface area contributed by atoms with Gasteiger partial charge in [0.2, 0.25) is 0 Å². The Morgan fingerprint density at radius 1 is 1.03 bits per heavy atom. The second kappa shape index (κ2) is 10.0. The predicted molar refractivity (Wildman–Crippen MR) is 140 cm³/mol. The molecule has 0 bridgehead atoms. The number of rotatable bonds is 7. The second-order valence-electron chi connectivity index (χ2n) is 10.8. The van der Waals surface area contributed by atoms with Crippen molar-refractivity contribution in [3.05, 3.63) is 82.9 Å². The first kappa shape index (κ1) is 23.7. The molecule has 1 amide bonds. The molecule has 37 heavy (non-hydrogen) atoms. The summed E-state index contributed by atoms with van der Waals surface area (Å²) < 4.78 is 7.88. The summed E-state index contributed by atoms with van der Waals surface area (Å²) in [6, 6.07) is 15.9. The van der Waals surface area contributed by atoms with Gasteiger partial charge in [0.15, 0.2) is 0 Å². The molecule has 3 fully saturated rings. The lowest BCUT2D eigenvalue weighted by Crippen LogP contribution is -2.48. The Hall–Kier alpha value is -3.63. The highest BCUT2D eigenvalue weighted by molar-refractivity contribution is 5.95. The van der Waals surface area contributed by atoms with Gasteiger partial charge in [0, 0.05) is 51.0 Å². The molecule has 2 atom stereocenters. The normalized spacial score (nSPS) is 22.9. The fourth-order valence-corrected chi connectivity index (χ4v) is 6.17. The fraction of sp³-hybridized carbons (Fsp3) is 0.433. The number of methoxy groups -OCH3 is 1. The minimum atomic E-state index is 0.0876. The Balaban J connectivity index is 1.05. The van der Waals surface area contributed by atoms with Gasteiger partial charge in [-0.25, -0.2) is 4.98 Å². The third-order valence-electron chi connectivity index (χ3n) is 8.44. The monoisotopic (exact) mass is 495 g/mol. The molecular formula is C30H33N5O2. The summed E-state index contributed by atoms with van der Waals surface area (Å²) in [7, 11) is 1.72. The third-order valence-corrected chi connectivity index (χ3v) is 8.44. The summed E-state index contributed by atoms with van der Waals surface area (Å²) in [5, 5.41) is 9.01. The van der Waals surface area contributed by atoms with E-state index >= 15 is 0 Å². The summed E-state index contributed by atoms with van der Waals surface area (Å²) in [5.41, 5.74) is 4.95. The maximum Gasteiger partial charge on any atom is 0.254 e. The number of carbonyl (C=O) groups is 1. The first-order chi connectivity index (χ1) is 18.1. The predicted octanol–water partition coefficient (Wildman–Crippen LogP) is 4.28. The van der Waals surface area contributed by atoms with Crippen molar-refractivity contribution in [3.8, 4) is 11.8 Å². The molecule has 7 heteroatoms. The second-order valence-corrected chi connectivity index (χ2v) is 10.8. The molecule has 1 saturated heterocycles. The number of carbonyl (C=O) groups excluding carboxylic acids is 1. The van der Waals surface area contributed by atoms with Crippen LogP contribution in [0.1, 0.15) is 57.9 Å². The number of nitrogens with zero attached hydrogens (tertiary/aromatic N) is 5. The van der Waals surface area contributed by atoms with Gasteiger partial charge in [-0.05, 0) is 72.4 Å². The SMILES string of the molecule is COc1cc(C(=O)N2CCN(Cc3cncn3Cc3ccc(C#N)cc3)CC2)ccc1C1CC2CC2C1. The van der Waals surface area contributed by atoms with Crippen molar-refractivity contribution in [2.45, 2.75) is 38.3 Å². The zero-order chi connectivity index (χ0) is 25.4. The summed E-state index contributed by atoms with van der Waals surface area (Å²) in [6.07, 6.45) is 7.72. The molecule has 3 aliphatic rings. The number of ether oxygens (including phenoxy) is 1. The Labute approximate surface area is 218 Å². The zero-order valence-electron chi connectivity index (χ0n) is 21.3. The van der Waals surface area contributed by atoms with E-state index in [1.165, 1.54) is 24.8 Å². The first-order valence-electron chi connectivity index (χ1n) is 13.3. The van der Waals surface area contributed by atoms with Crippen molar-refractivity contribution in [3.63, 3.8) is 0 Å². The Kier molecular flexibility index (Phi) is 6.43. The molecule has 6 rings (SSSR count). The van der Waals surface area contributed by atoms with Crippen LogP contribution in [0.2, 0.25) is 0 Å². The number of hydrogen-bond donors (Lipinski definition) is 0. The molecule has 2 unspecified atom stereocenters. The number of hydrogen-bond acceptors (Lipinski definition) is 5. The Morgan fingerprint density at radius 2 is 1.78 bits per heavy atom. The lowest BCUT2D eigenvalue weighted by molar-refractivity contribution is 0.0625. The quantitative estimate of drug-likeness (QED) is 0.489. The maximum absolute atomic E-state index is 13.3. The van der Waals surface area contributed by atoms with Gasteiger partial charge in [0.05, 0.1) is 30.8 Å². The average molecular weight is 496 g/mol. The van der Waals surface area contributed by atoms with Gasteiger partial charge in [-0.1, -0.05) is 18.2 Å². The van der Waals surface area contributed by atoms with Crippen molar-refractivity contribution in [1.29, 1.82) is 5.26 Å². The fourth-order valence-electron chi connectivity index (χ4n) is 6.17. The van der Waals surface area contributed by atoms with Gasteiger partial charge in [-0.3, -0.25) is 9.69 Å². The molecular weight excluding hydrogens is 462 g/mol. The highest BCUT2D eigenvalue weighted by Crippen LogP contribution is 2.58. The van der Waals surface area contributed by atoms with Gasteiger partial charge in [-0.15, -0.1) is 0 Å². The van der Waals surface area contributed by atoms with Crippen molar-refractivity contribution in [2.75, 3.05) is 33.3 Å². The summed E-state index contributed by atoms with van der Waals surface area (Å²) >= 11 is 0. The Morgan fingerprint density at radius 3 is 2.49 bits per heavy atom. The van der Waals surface area contributed by atoms with E-state index in [0.29, 0.717) is 24.6 Å². The van der Waals surface area contributed by atoms with Gasteiger partial charge in [0.1, 0.15) is 5.75 Å². The molecule has 2 saturated carbocycles. The highest BCUT2D eigenvalue weighted by Gasteiger charge is 2.46. The molecule has 0 spiro atoms. The van der Waals surface area contributed by atoms with E-state index < -0.39 is 0 Å². The lowest BCUT2D eigenvalue weighted by Gasteiger charge is -2.35. The molecule has 2 aliphatic carbocycles. The largest absolute Gasteiger partial charge is 0.496 e. The van der Waals surface area contributed by atoms with E-state index in [4.69, 9.17) is 10.00 Å². The van der Waals surface area contributed by atoms with E-state index in [-0.39, 0.29) is 5.91 Å². The molecule has 190 valence electrons. The van der Waals surface area contributed by atoms with Crippen LogP contribution in [0.15, 0.2) is 55.0 Å². The number of aromatic nitrogens is 2. The minimum absolute atomic E-state index is 0.0876. The number of fused-ring (bicyclic) bond motifs is 1. The minimum Gasteiger partial charge on any atom is -0.496 e. The lowest BCUT2D eigenvalue weighted by atomic mass is 9.92. The van der Waals surface area contributed by atoms with Crippen molar-refractivity contribution < 1.29 is 9.53 Å². The van der Waals surface area contributed by atoms with E-state index in [0.717, 1.165) is 60.6 Å². The van der Waals surface area contributed by atoms with Crippen LogP contribution in [0.4, 0.5) is 0 Å². The number of imidazole rings is 1. The van der Waals surface area contributed by atoms with Crippen LogP contribution >= 0.6 is 0 Å². The zero-order valence-corrected chi connectivity index (χ0v) is 21.3. The molecule has 0 radical (unpaired) electrons. The maximum atomic E-state index is 13.3. The van der Waals surface area contributed by atoms with Gasteiger partial charge in [0.25, 0.3) is 5.91 Å².